The predicted molar refractivity (Wildman–Crippen MR) is 85.5 cm³/mol. The summed E-state index contributed by atoms with van der Waals surface area (Å²) in [7, 11) is 0. The van der Waals surface area contributed by atoms with E-state index < -0.39 is 0 Å². The van der Waals surface area contributed by atoms with Gasteiger partial charge >= 0.3 is 0 Å². The summed E-state index contributed by atoms with van der Waals surface area (Å²) in [6.45, 7) is 10.4. The van der Waals surface area contributed by atoms with Crippen molar-refractivity contribution >= 4 is 0 Å². The summed E-state index contributed by atoms with van der Waals surface area (Å²) in [5.74, 6) is 0.602. The lowest BCUT2D eigenvalue weighted by molar-refractivity contribution is 0.0416. The maximum Gasteiger partial charge on any atom is 0.0964 e. The van der Waals surface area contributed by atoms with E-state index in [-0.39, 0.29) is 0 Å². The average molecular weight is 307 g/mol. The second-order valence-electron chi connectivity index (χ2n) is 7.03. The van der Waals surface area contributed by atoms with Crippen LogP contribution in [0.25, 0.3) is 0 Å². The van der Waals surface area contributed by atoms with Gasteiger partial charge < -0.3 is 10.1 Å². The number of likely N-dealkylation sites (tertiary alicyclic amines) is 1. The highest BCUT2D eigenvalue weighted by Gasteiger charge is 2.29. The van der Waals surface area contributed by atoms with E-state index in [0.29, 0.717) is 12.0 Å². The minimum atomic E-state index is 0.582. The van der Waals surface area contributed by atoms with Crippen molar-refractivity contribution in [3.63, 3.8) is 0 Å². The van der Waals surface area contributed by atoms with Crippen molar-refractivity contribution in [2.75, 3.05) is 26.3 Å². The molecule has 0 radical (unpaired) electrons. The molecule has 0 spiro atoms. The summed E-state index contributed by atoms with van der Waals surface area (Å²) in [5, 5.41) is 12.1. The lowest BCUT2D eigenvalue weighted by Crippen LogP contribution is -2.40. The molecule has 0 aromatic carbocycles. The largest absolute Gasteiger partial charge is 0.381 e. The van der Waals surface area contributed by atoms with Gasteiger partial charge in [0.25, 0.3) is 0 Å². The Bertz CT molecular complexity index is 455. The molecule has 1 aromatic heterocycles. The van der Waals surface area contributed by atoms with Crippen LogP contribution in [0.4, 0.5) is 0 Å². The van der Waals surface area contributed by atoms with Crippen LogP contribution >= 0.6 is 0 Å². The van der Waals surface area contributed by atoms with Crippen LogP contribution in [0.5, 0.6) is 0 Å². The highest BCUT2D eigenvalue weighted by atomic mass is 16.5. The molecule has 22 heavy (non-hydrogen) atoms. The molecule has 3 rings (SSSR count). The van der Waals surface area contributed by atoms with Gasteiger partial charge in [0.15, 0.2) is 0 Å². The van der Waals surface area contributed by atoms with Gasteiger partial charge in [-0.15, -0.1) is 5.10 Å². The number of hydrogen-bond acceptors (Lipinski definition) is 5. The molecule has 6 heteroatoms. The third-order valence-corrected chi connectivity index (χ3v) is 4.64. The molecule has 2 aliphatic rings. The van der Waals surface area contributed by atoms with Crippen LogP contribution in [-0.4, -0.2) is 58.3 Å². The van der Waals surface area contributed by atoms with Gasteiger partial charge in [-0.2, -0.15) is 0 Å². The minimum Gasteiger partial charge on any atom is -0.381 e. The zero-order valence-electron chi connectivity index (χ0n) is 13.9. The fourth-order valence-electron chi connectivity index (χ4n) is 3.47. The van der Waals surface area contributed by atoms with Gasteiger partial charge in [-0.1, -0.05) is 19.1 Å². The first-order valence-corrected chi connectivity index (χ1v) is 8.65. The van der Waals surface area contributed by atoms with Crippen molar-refractivity contribution in [2.45, 2.75) is 58.3 Å². The second-order valence-corrected chi connectivity index (χ2v) is 7.03. The van der Waals surface area contributed by atoms with Gasteiger partial charge in [0.05, 0.1) is 5.69 Å². The molecule has 0 aliphatic carbocycles. The molecule has 0 saturated carbocycles. The Balaban J connectivity index is 1.41. The van der Waals surface area contributed by atoms with Crippen LogP contribution in [0.2, 0.25) is 0 Å². The zero-order chi connectivity index (χ0) is 15.4. The smallest absolute Gasteiger partial charge is 0.0964 e. The lowest BCUT2D eigenvalue weighted by Gasteiger charge is -2.31. The summed E-state index contributed by atoms with van der Waals surface area (Å²) >= 11 is 0. The normalized spacial score (nSPS) is 24.4. The number of nitrogens with zero attached hydrogens (tertiary/aromatic N) is 4. The average Bonchev–Trinajstić information content (AvgIpc) is 3.15. The Labute approximate surface area is 133 Å². The molecule has 124 valence electrons. The van der Waals surface area contributed by atoms with E-state index in [0.717, 1.165) is 44.6 Å². The third kappa shape index (κ3) is 4.27. The van der Waals surface area contributed by atoms with E-state index in [4.69, 9.17) is 4.74 Å². The zero-order valence-corrected chi connectivity index (χ0v) is 13.9. The minimum absolute atomic E-state index is 0.582. The van der Waals surface area contributed by atoms with E-state index >= 15 is 0 Å². The topological polar surface area (TPSA) is 55.2 Å². The Kier molecular flexibility index (Phi) is 5.44. The first-order valence-electron chi connectivity index (χ1n) is 8.65. The number of aromatic nitrogens is 3. The molecule has 1 unspecified atom stereocenters. The van der Waals surface area contributed by atoms with E-state index in [2.05, 4.69) is 40.6 Å². The van der Waals surface area contributed by atoms with Crippen LogP contribution < -0.4 is 5.32 Å². The number of nitrogens with one attached hydrogen (secondary N) is 1. The first kappa shape index (κ1) is 15.9. The molecular weight excluding hydrogens is 278 g/mol. The number of hydrogen-bond donors (Lipinski definition) is 1. The predicted octanol–water partition coefficient (Wildman–Crippen LogP) is 1.28. The highest BCUT2D eigenvalue weighted by molar-refractivity contribution is 4.94. The fourth-order valence-corrected chi connectivity index (χ4v) is 3.47. The molecule has 1 aromatic rings. The monoisotopic (exact) mass is 307 g/mol. The van der Waals surface area contributed by atoms with Gasteiger partial charge in [0.2, 0.25) is 0 Å². The maximum absolute atomic E-state index is 5.46. The number of rotatable bonds is 6. The van der Waals surface area contributed by atoms with Gasteiger partial charge in [0, 0.05) is 57.7 Å². The Morgan fingerprint density at radius 2 is 2.14 bits per heavy atom. The molecule has 6 nitrogen and oxygen atoms in total. The molecule has 2 fully saturated rings. The van der Waals surface area contributed by atoms with Crippen LogP contribution in [0, 0.1) is 5.92 Å². The van der Waals surface area contributed by atoms with E-state index in [1.165, 1.54) is 25.8 Å². The standard InChI is InChI=1S/C16H29N5O/c1-13(2)10-21-12-15(18-19-21)9-17-14-3-6-20(11-14)16-4-7-22-8-5-16/h12-14,16-17H,3-11H2,1-2H3. The fraction of sp³-hybridized carbons (Fsp3) is 0.875. The van der Waals surface area contributed by atoms with E-state index in [1.54, 1.807) is 0 Å². The number of ether oxygens (including phenoxy) is 1. The molecule has 3 heterocycles. The molecule has 0 bridgehead atoms. The van der Waals surface area contributed by atoms with Gasteiger partial charge in [-0.3, -0.25) is 9.58 Å². The van der Waals surface area contributed by atoms with Crippen LogP contribution in [0.1, 0.15) is 38.8 Å². The van der Waals surface area contributed by atoms with E-state index in [1.807, 2.05) is 4.68 Å². The molecular formula is C16H29N5O. The summed E-state index contributed by atoms with van der Waals surface area (Å²) in [6, 6.07) is 1.31. The van der Waals surface area contributed by atoms with Gasteiger partial charge in [-0.05, 0) is 25.2 Å². The molecule has 1 N–H and O–H groups in total. The van der Waals surface area contributed by atoms with Crippen molar-refractivity contribution in [3.05, 3.63) is 11.9 Å². The highest BCUT2D eigenvalue weighted by Crippen LogP contribution is 2.20. The molecule has 0 amide bonds. The van der Waals surface area contributed by atoms with Crippen molar-refractivity contribution in [1.29, 1.82) is 0 Å². The molecule has 2 aliphatic heterocycles. The third-order valence-electron chi connectivity index (χ3n) is 4.64. The van der Waals surface area contributed by atoms with Crippen molar-refractivity contribution < 1.29 is 4.74 Å². The first-order chi connectivity index (χ1) is 10.7. The van der Waals surface area contributed by atoms with Crippen LogP contribution in [0.15, 0.2) is 6.20 Å². The molecule has 1 atom stereocenters. The Hall–Kier alpha value is -0.980. The quantitative estimate of drug-likeness (QED) is 0.858. The van der Waals surface area contributed by atoms with Crippen LogP contribution in [-0.2, 0) is 17.8 Å². The summed E-state index contributed by atoms with van der Waals surface area (Å²) < 4.78 is 7.41. The molecule has 2 saturated heterocycles. The summed E-state index contributed by atoms with van der Waals surface area (Å²) in [6.07, 6.45) is 5.68. The van der Waals surface area contributed by atoms with Gasteiger partial charge in [-0.25, -0.2) is 0 Å². The van der Waals surface area contributed by atoms with Crippen molar-refractivity contribution in [2.24, 2.45) is 5.92 Å². The maximum atomic E-state index is 5.46. The second kappa shape index (κ2) is 7.53. The Morgan fingerprint density at radius 1 is 1.32 bits per heavy atom. The van der Waals surface area contributed by atoms with Crippen molar-refractivity contribution in [1.82, 2.24) is 25.2 Å². The van der Waals surface area contributed by atoms with E-state index in [9.17, 15) is 0 Å². The van der Waals surface area contributed by atoms with Crippen LogP contribution in [0.3, 0.4) is 0 Å². The SMILES string of the molecule is CC(C)Cn1cc(CNC2CCN(C3CCOCC3)C2)nn1. The summed E-state index contributed by atoms with van der Waals surface area (Å²) in [4.78, 5) is 2.63. The van der Waals surface area contributed by atoms with Crippen molar-refractivity contribution in [3.8, 4) is 0 Å². The van der Waals surface area contributed by atoms with Gasteiger partial charge in [0.1, 0.15) is 0 Å². The lowest BCUT2D eigenvalue weighted by atomic mass is 10.1. The Morgan fingerprint density at radius 3 is 2.91 bits per heavy atom. The summed E-state index contributed by atoms with van der Waals surface area (Å²) in [5.41, 5.74) is 1.05.